The third-order valence-electron chi connectivity index (χ3n) is 3.05. The molecule has 76 valence electrons. The smallest absolute Gasteiger partial charge is 0.312 e. The van der Waals surface area contributed by atoms with Gasteiger partial charge in [-0.05, 0) is 39.8 Å². The van der Waals surface area contributed by atoms with Crippen LogP contribution in [0.2, 0.25) is 0 Å². The van der Waals surface area contributed by atoms with Gasteiger partial charge < -0.3 is 10.4 Å². The summed E-state index contributed by atoms with van der Waals surface area (Å²) in [5, 5.41) is 11.9. The van der Waals surface area contributed by atoms with E-state index in [2.05, 4.69) is 5.32 Å². The first-order chi connectivity index (χ1) is 5.90. The Labute approximate surface area is 77.3 Å². The SMILES string of the molecule is CC(C)(C(=O)O)C1(F)CCNCC1. The second kappa shape index (κ2) is 3.25. The zero-order chi connectivity index (χ0) is 10.1. The van der Waals surface area contributed by atoms with E-state index in [1.165, 1.54) is 13.8 Å². The van der Waals surface area contributed by atoms with Crippen LogP contribution < -0.4 is 5.32 Å². The summed E-state index contributed by atoms with van der Waals surface area (Å²) in [6.07, 6.45) is 0.568. The molecule has 1 aliphatic rings. The molecule has 0 bridgehead atoms. The van der Waals surface area contributed by atoms with Crippen molar-refractivity contribution < 1.29 is 14.3 Å². The van der Waals surface area contributed by atoms with Gasteiger partial charge in [0.2, 0.25) is 0 Å². The minimum atomic E-state index is -1.57. The number of carbonyl (C=O) groups is 1. The van der Waals surface area contributed by atoms with Gasteiger partial charge in [0.1, 0.15) is 5.67 Å². The molecule has 13 heavy (non-hydrogen) atoms. The number of hydrogen-bond acceptors (Lipinski definition) is 2. The average Bonchev–Trinajstić information content (AvgIpc) is 2.05. The van der Waals surface area contributed by atoms with Crippen molar-refractivity contribution in [1.29, 1.82) is 0 Å². The number of nitrogens with one attached hydrogen (secondary N) is 1. The van der Waals surface area contributed by atoms with Crippen molar-refractivity contribution in [2.75, 3.05) is 13.1 Å². The maximum atomic E-state index is 14.2. The topological polar surface area (TPSA) is 49.3 Å². The first-order valence-electron chi connectivity index (χ1n) is 4.53. The zero-order valence-electron chi connectivity index (χ0n) is 8.06. The number of carboxylic acid groups (broad SMARTS) is 1. The lowest BCUT2D eigenvalue weighted by Crippen LogP contribution is -2.52. The normalized spacial score (nSPS) is 22.7. The van der Waals surface area contributed by atoms with Crippen LogP contribution in [0.25, 0.3) is 0 Å². The molecule has 0 aromatic carbocycles. The van der Waals surface area contributed by atoms with Crippen molar-refractivity contribution in [3.63, 3.8) is 0 Å². The monoisotopic (exact) mass is 189 g/mol. The van der Waals surface area contributed by atoms with Crippen molar-refractivity contribution in [3.8, 4) is 0 Å². The van der Waals surface area contributed by atoms with Crippen LogP contribution in [0.5, 0.6) is 0 Å². The molecule has 0 aliphatic carbocycles. The highest BCUT2D eigenvalue weighted by molar-refractivity contribution is 5.75. The molecule has 0 saturated carbocycles. The molecule has 1 saturated heterocycles. The van der Waals surface area contributed by atoms with Crippen LogP contribution >= 0.6 is 0 Å². The number of rotatable bonds is 2. The lowest BCUT2D eigenvalue weighted by Gasteiger charge is -2.40. The second-order valence-corrected chi connectivity index (χ2v) is 4.15. The molecule has 0 aromatic rings. The fourth-order valence-corrected chi connectivity index (χ4v) is 1.64. The van der Waals surface area contributed by atoms with E-state index < -0.39 is 17.1 Å². The van der Waals surface area contributed by atoms with Crippen molar-refractivity contribution >= 4 is 5.97 Å². The molecule has 0 aromatic heterocycles. The van der Waals surface area contributed by atoms with E-state index in [1.54, 1.807) is 0 Å². The molecule has 1 aliphatic heterocycles. The van der Waals surface area contributed by atoms with Crippen LogP contribution in [-0.4, -0.2) is 29.8 Å². The standard InChI is InChI=1S/C9H16FNO2/c1-8(2,7(12)13)9(10)3-5-11-6-4-9/h11H,3-6H2,1-2H3,(H,12,13). The van der Waals surface area contributed by atoms with Crippen LogP contribution in [0.4, 0.5) is 4.39 Å². The van der Waals surface area contributed by atoms with E-state index in [4.69, 9.17) is 5.11 Å². The minimum Gasteiger partial charge on any atom is -0.481 e. The number of piperidine rings is 1. The highest BCUT2D eigenvalue weighted by Gasteiger charge is 2.51. The molecule has 2 N–H and O–H groups in total. The van der Waals surface area contributed by atoms with Gasteiger partial charge in [0, 0.05) is 0 Å². The maximum absolute atomic E-state index is 14.2. The van der Waals surface area contributed by atoms with Crippen molar-refractivity contribution in [3.05, 3.63) is 0 Å². The molecule has 1 rings (SSSR count). The molecular formula is C9H16FNO2. The van der Waals surface area contributed by atoms with Gasteiger partial charge in [0.05, 0.1) is 5.41 Å². The number of hydrogen-bond donors (Lipinski definition) is 2. The number of carboxylic acids is 1. The summed E-state index contributed by atoms with van der Waals surface area (Å²) in [4.78, 5) is 10.9. The summed E-state index contributed by atoms with van der Waals surface area (Å²) in [5.74, 6) is -1.06. The van der Waals surface area contributed by atoms with Gasteiger partial charge >= 0.3 is 5.97 Å². The molecule has 1 heterocycles. The van der Waals surface area contributed by atoms with Gasteiger partial charge in [-0.3, -0.25) is 4.79 Å². The Morgan fingerprint density at radius 1 is 1.46 bits per heavy atom. The Hall–Kier alpha value is -0.640. The predicted octanol–water partition coefficient (Wildman–Crippen LogP) is 1.19. The number of alkyl halides is 1. The lowest BCUT2D eigenvalue weighted by atomic mass is 9.71. The van der Waals surface area contributed by atoms with E-state index in [0.29, 0.717) is 13.1 Å². The summed E-state index contributed by atoms with van der Waals surface area (Å²) >= 11 is 0. The van der Waals surface area contributed by atoms with E-state index in [1.807, 2.05) is 0 Å². The third kappa shape index (κ3) is 1.68. The third-order valence-corrected chi connectivity index (χ3v) is 3.05. The Bertz CT molecular complexity index is 210. The quantitative estimate of drug-likeness (QED) is 0.686. The molecule has 0 radical (unpaired) electrons. The molecule has 0 unspecified atom stereocenters. The molecule has 0 amide bonds. The first kappa shape index (κ1) is 10.4. The van der Waals surface area contributed by atoms with Gasteiger partial charge in [-0.25, -0.2) is 4.39 Å². The van der Waals surface area contributed by atoms with Gasteiger partial charge in [0.15, 0.2) is 0 Å². The highest BCUT2D eigenvalue weighted by Crippen LogP contribution is 2.41. The van der Waals surface area contributed by atoms with E-state index in [9.17, 15) is 9.18 Å². The van der Waals surface area contributed by atoms with E-state index in [-0.39, 0.29) is 12.8 Å². The second-order valence-electron chi connectivity index (χ2n) is 4.15. The fraction of sp³-hybridized carbons (Fsp3) is 0.889. The van der Waals surface area contributed by atoms with Crippen LogP contribution in [-0.2, 0) is 4.79 Å². The van der Waals surface area contributed by atoms with Crippen molar-refractivity contribution in [1.82, 2.24) is 5.32 Å². The van der Waals surface area contributed by atoms with Crippen LogP contribution in [0.15, 0.2) is 0 Å². The Balaban J connectivity index is 2.82. The first-order valence-corrected chi connectivity index (χ1v) is 4.53. The van der Waals surface area contributed by atoms with Gasteiger partial charge in [-0.15, -0.1) is 0 Å². The fourth-order valence-electron chi connectivity index (χ4n) is 1.64. The van der Waals surface area contributed by atoms with Gasteiger partial charge in [-0.1, -0.05) is 0 Å². The van der Waals surface area contributed by atoms with Gasteiger partial charge in [-0.2, -0.15) is 0 Å². The molecule has 0 atom stereocenters. The number of halogens is 1. The summed E-state index contributed by atoms with van der Waals surface area (Å²) in [6.45, 7) is 4.04. The van der Waals surface area contributed by atoms with Crippen LogP contribution in [0, 0.1) is 5.41 Å². The molecule has 3 nitrogen and oxygen atoms in total. The number of aliphatic carboxylic acids is 1. The van der Waals surface area contributed by atoms with E-state index in [0.717, 1.165) is 0 Å². The Morgan fingerprint density at radius 2 is 1.92 bits per heavy atom. The average molecular weight is 189 g/mol. The molecular weight excluding hydrogens is 173 g/mol. The van der Waals surface area contributed by atoms with Crippen molar-refractivity contribution in [2.24, 2.45) is 5.41 Å². The molecule has 1 fully saturated rings. The zero-order valence-corrected chi connectivity index (χ0v) is 8.06. The summed E-state index contributed by atoms with van der Waals surface area (Å²) in [6, 6.07) is 0. The molecule has 0 spiro atoms. The summed E-state index contributed by atoms with van der Waals surface area (Å²) < 4.78 is 14.2. The van der Waals surface area contributed by atoms with Gasteiger partial charge in [0.25, 0.3) is 0 Å². The highest BCUT2D eigenvalue weighted by atomic mass is 19.1. The summed E-state index contributed by atoms with van der Waals surface area (Å²) in [7, 11) is 0. The van der Waals surface area contributed by atoms with Crippen molar-refractivity contribution in [2.45, 2.75) is 32.4 Å². The minimum absolute atomic E-state index is 0.284. The maximum Gasteiger partial charge on any atom is 0.312 e. The Morgan fingerprint density at radius 3 is 2.31 bits per heavy atom. The molecule has 4 heteroatoms. The van der Waals surface area contributed by atoms with Crippen LogP contribution in [0.1, 0.15) is 26.7 Å². The predicted molar refractivity (Wildman–Crippen MR) is 47.4 cm³/mol. The van der Waals surface area contributed by atoms with E-state index >= 15 is 0 Å². The lowest BCUT2D eigenvalue weighted by molar-refractivity contribution is -0.158. The van der Waals surface area contributed by atoms with Crippen LogP contribution in [0.3, 0.4) is 0 Å². The largest absolute Gasteiger partial charge is 0.481 e. The Kier molecular flexibility index (Phi) is 2.61. The summed E-state index contributed by atoms with van der Waals surface area (Å²) in [5.41, 5.74) is -2.85.